The van der Waals surface area contributed by atoms with Gasteiger partial charge in [-0.3, -0.25) is 4.79 Å². The van der Waals surface area contributed by atoms with E-state index in [1.165, 1.54) is 12.8 Å². The number of amides is 1. The van der Waals surface area contributed by atoms with E-state index in [4.69, 9.17) is 4.74 Å². The van der Waals surface area contributed by atoms with Crippen LogP contribution in [0.25, 0.3) is 16.9 Å². The molecule has 1 amide bonds. The number of anilines is 1. The van der Waals surface area contributed by atoms with Crippen molar-refractivity contribution < 1.29 is 14.3 Å². The molecule has 1 heterocycles. The average Bonchev–Trinajstić information content (AvgIpc) is 3.44. The molecule has 32 heavy (non-hydrogen) atoms. The normalized spacial score (nSPS) is 13.8. The molecule has 0 atom stereocenters. The molecule has 0 saturated heterocycles. The average molecular weight is 432 g/mol. The van der Waals surface area contributed by atoms with Gasteiger partial charge in [0.2, 0.25) is 5.91 Å². The highest BCUT2D eigenvalue weighted by Gasteiger charge is 2.20. The van der Waals surface area contributed by atoms with Gasteiger partial charge in [0.15, 0.2) is 5.69 Å². The van der Waals surface area contributed by atoms with Gasteiger partial charge in [-0.15, -0.1) is 0 Å². The highest BCUT2D eigenvalue weighted by atomic mass is 16.5. The lowest BCUT2D eigenvalue weighted by Crippen LogP contribution is -2.15. The van der Waals surface area contributed by atoms with Crippen LogP contribution in [0, 0.1) is 12.8 Å². The third-order valence-corrected chi connectivity index (χ3v) is 5.93. The molecule has 4 rings (SSSR count). The van der Waals surface area contributed by atoms with E-state index in [1.54, 1.807) is 17.7 Å². The number of esters is 1. The minimum absolute atomic E-state index is 0.0497. The Labute approximate surface area is 188 Å². The van der Waals surface area contributed by atoms with Gasteiger partial charge < -0.3 is 10.1 Å². The molecule has 3 aromatic rings. The molecule has 6 heteroatoms. The number of benzene rings is 2. The van der Waals surface area contributed by atoms with Crippen LogP contribution in [0.4, 0.5) is 5.69 Å². The highest BCUT2D eigenvalue weighted by molar-refractivity contribution is 5.92. The second-order valence-corrected chi connectivity index (χ2v) is 8.32. The van der Waals surface area contributed by atoms with E-state index in [9.17, 15) is 9.59 Å². The van der Waals surface area contributed by atoms with Crippen LogP contribution in [0.2, 0.25) is 0 Å². The van der Waals surface area contributed by atoms with Gasteiger partial charge in [0.05, 0.1) is 18.0 Å². The molecule has 1 aliphatic carbocycles. The van der Waals surface area contributed by atoms with E-state index in [-0.39, 0.29) is 18.2 Å². The number of hydrogen-bond donors (Lipinski definition) is 1. The molecule has 0 bridgehead atoms. The maximum Gasteiger partial charge on any atom is 0.358 e. The summed E-state index contributed by atoms with van der Waals surface area (Å²) in [7, 11) is 0. The zero-order chi connectivity index (χ0) is 22.5. The van der Waals surface area contributed by atoms with Gasteiger partial charge in [0.25, 0.3) is 0 Å². The second kappa shape index (κ2) is 9.81. The Hall–Kier alpha value is -3.41. The minimum atomic E-state index is -0.456. The maximum atomic E-state index is 12.5. The Balaban J connectivity index is 1.66. The first-order valence-electron chi connectivity index (χ1n) is 11.3. The summed E-state index contributed by atoms with van der Waals surface area (Å²) in [6.45, 7) is 4.06. The number of aryl methyl sites for hydroxylation is 1. The minimum Gasteiger partial charge on any atom is -0.461 e. The number of ether oxygens (including phenoxy) is 1. The Morgan fingerprint density at radius 1 is 1.09 bits per heavy atom. The number of rotatable bonds is 7. The fourth-order valence-electron chi connectivity index (χ4n) is 4.32. The van der Waals surface area contributed by atoms with Crippen LogP contribution in [-0.2, 0) is 9.53 Å². The molecule has 1 aromatic heterocycles. The van der Waals surface area contributed by atoms with Gasteiger partial charge in [-0.2, -0.15) is 5.10 Å². The predicted molar refractivity (Wildman–Crippen MR) is 125 cm³/mol. The zero-order valence-electron chi connectivity index (χ0n) is 18.6. The Morgan fingerprint density at radius 2 is 1.88 bits per heavy atom. The first kappa shape index (κ1) is 21.8. The molecule has 0 radical (unpaired) electrons. The van der Waals surface area contributed by atoms with Crippen LogP contribution in [-0.4, -0.2) is 28.3 Å². The van der Waals surface area contributed by atoms with Crippen molar-refractivity contribution in [2.45, 2.75) is 46.0 Å². The fraction of sp³-hybridized carbons (Fsp3) is 0.346. The van der Waals surface area contributed by atoms with Crippen LogP contribution >= 0.6 is 0 Å². The van der Waals surface area contributed by atoms with Crippen LogP contribution < -0.4 is 5.32 Å². The standard InChI is InChI=1S/C26H29N3O3/c1-3-32-26(31)22-17-24(29(28-22)23-14-7-4-9-18(23)2)20-12-8-13-21(16-20)27-25(30)15-19-10-5-6-11-19/h4,7-9,12-14,16-17,19H,3,5-6,10-11,15H2,1-2H3,(H,27,30). The molecule has 0 aliphatic heterocycles. The summed E-state index contributed by atoms with van der Waals surface area (Å²) < 4.78 is 6.93. The number of para-hydroxylation sites is 1. The van der Waals surface area contributed by atoms with Gasteiger partial charge in [0.1, 0.15) is 0 Å². The molecule has 0 spiro atoms. The van der Waals surface area contributed by atoms with Crippen molar-refractivity contribution in [3.63, 3.8) is 0 Å². The zero-order valence-corrected chi connectivity index (χ0v) is 18.6. The van der Waals surface area contributed by atoms with Crippen molar-refractivity contribution in [1.82, 2.24) is 9.78 Å². The molecule has 2 aromatic carbocycles. The third kappa shape index (κ3) is 4.90. The van der Waals surface area contributed by atoms with Crippen LogP contribution in [0.5, 0.6) is 0 Å². The predicted octanol–water partition coefficient (Wildman–Crippen LogP) is 5.54. The van der Waals surface area contributed by atoms with Crippen molar-refractivity contribution in [3.8, 4) is 16.9 Å². The van der Waals surface area contributed by atoms with Gasteiger partial charge in [-0.1, -0.05) is 43.2 Å². The third-order valence-electron chi connectivity index (χ3n) is 5.93. The van der Waals surface area contributed by atoms with Gasteiger partial charge in [-0.25, -0.2) is 9.48 Å². The molecule has 1 fully saturated rings. The van der Waals surface area contributed by atoms with E-state index < -0.39 is 5.97 Å². The molecule has 1 N–H and O–H groups in total. The van der Waals surface area contributed by atoms with Crippen molar-refractivity contribution >= 4 is 17.6 Å². The van der Waals surface area contributed by atoms with E-state index in [0.29, 0.717) is 12.3 Å². The largest absolute Gasteiger partial charge is 0.461 e. The van der Waals surface area contributed by atoms with E-state index >= 15 is 0 Å². The lowest BCUT2D eigenvalue weighted by molar-refractivity contribution is -0.117. The summed E-state index contributed by atoms with van der Waals surface area (Å²) in [4.78, 5) is 24.9. The molecule has 6 nitrogen and oxygen atoms in total. The summed E-state index contributed by atoms with van der Waals surface area (Å²) in [5.74, 6) is 0.0867. The molecular weight excluding hydrogens is 402 g/mol. The van der Waals surface area contributed by atoms with Gasteiger partial charge in [0, 0.05) is 17.7 Å². The van der Waals surface area contributed by atoms with Crippen molar-refractivity contribution in [1.29, 1.82) is 0 Å². The number of hydrogen-bond acceptors (Lipinski definition) is 4. The molecule has 0 unspecified atom stereocenters. The maximum absolute atomic E-state index is 12.5. The van der Waals surface area contributed by atoms with Crippen LogP contribution in [0.3, 0.4) is 0 Å². The molecule has 1 aliphatic rings. The quantitative estimate of drug-likeness (QED) is 0.498. The number of nitrogens with one attached hydrogen (secondary N) is 1. The lowest BCUT2D eigenvalue weighted by Gasteiger charge is -2.12. The summed E-state index contributed by atoms with van der Waals surface area (Å²) in [5, 5.41) is 7.59. The fourth-order valence-corrected chi connectivity index (χ4v) is 4.32. The number of carbonyl (C=O) groups excluding carboxylic acids is 2. The first-order valence-corrected chi connectivity index (χ1v) is 11.3. The van der Waals surface area contributed by atoms with Gasteiger partial charge in [-0.05, 0) is 62.4 Å². The Bertz CT molecular complexity index is 1110. The smallest absolute Gasteiger partial charge is 0.358 e. The second-order valence-electron chi connectivity index (χ2n) is 8.32. The topological polar surface area (TPSA) is 73.2 Å². The Kier molecular flexibility index (Phi) is 6.69. The summed E-state index contributed by atoms with van der Waals surface area (Å²) >= 11 is 0. The number of aromatic nitrogens is 2. The molecule has 166 valence electrons. The van der Waals surface area contributed by atoms with E-state index in [1.807, 2.05) is 55.5 Å². The van der Waals surface area contributed by atoms with E-state index in [2.05, 4.69) is 10.4 Å². The number of nitrogens with zero attached hydrogens (tertiary/aromatic N) is 2. The van der Waals surface area contributed by atoms with Crippen LogP contribution in [0.1, 0.15) is 55.1 Å². The Morgan fingerprint density at radius 3 is 2.62 bits per heavy atom. The summed E-state index contributed by atoms with van der Waals surface area (Å²) in [5.41, 5.74) is 4.52. The van der Waals surface area contributed by atoms with Crippen molar-refractivity contribution in [3.05, 3.63) is 65.9 Å². The van der Waals surface area contributed by atoms with Crippen molar-refractivity contribution in [2.24, 2.45) is 5.92 Å². The number of carbonyl (C=O) groups is 2. The van der Waals surface area contributed by atoms with Gasteiger partial charge >= 0.3 is 5.97 Å². The summed E-state index contributed by atoms with van der Waals surface area (Å²) in [6.07, 6.45) is 5.29. The molecular formula is C26H29N3O3. The first-order chi connectivity index (χ1) is 15.5. The summed E-state index contributed by atoms with van der Waals surface area (Å²) in [6, 6.07) is 17.3. The van der Waals surface area contributed by atoms with Crippen molar-refractivity contribution in [2.75, 3.05) is 11.9 Å². The highest BCUT2D eigenvalue weighted by Crippen LogP contribution is 2.30. The van der Waals surface area contributed by atoms with E-state index in [0.717, 1.165) is 41.0 Å². The van der Waals surface area contributed by atoms with Crippen LogP contribution in [0.15, 0.2) is 54.6 Å². The SMILES string of the molecule is CCOC(=O)c1cc(-c2cccc(NC(=O)CC3CCCC3)c2)n(-c2ccccc2C)n1. The molecule has 1 saturated carbocycles. The monoisotopic (exact) mass is 431 g/mol. The lowest BCUT2D eigenvalue weighted by atomic mass is 10.0.